The van der Waals surface area contributed by atoms with E-state index in [-0.39, 0.29) is 43.2 Å². The average Bonchev–Trinajstić information content (AvgIpc) is 3.21. The molecule has 3 N–H and O–H groups in total. The van der Waals surface area contributed by atoms with Crippen LogP contribution in [0.15, 0.2) is 30.3 Å². The lowest BCUT2D eigenvalue weighted by Crippen LogP contribution is -2.65. The number of aryl methyl sites for hydroxylation is 1. The summed E-state index contributed by atoms with van der Waals surface area (Å²) in [5.41, 5.74) is 0.426. The zero-order valence-electron chi connectivity index (χ0n) is 38.9. The number of carbonyl (C=O) groups excluding carboxylic acids is 3. The van der Waals surface area contributed by atoms with Crippen molar-refractivity contribution in [1.29, 1.82) is 0 Å². The molecule has 3 aliphatic heterocycles. The molecule has 3 aliphatic rings. The molecule has 10 unspecified atom stereocenters. The second-order valence-electron chi connectivity index (χ2n) is 18.5. The van der Waals surface area contributed by atoms with Gasteiger partial charge in [-0.1, -0.05) is 51.1 Å². The monoisotopic (exact) mass is 879 g/mol. The Labute approximate surface area is 370 Å². The van der Waals surface area contributed by atoms with Crippen molar-refractivity contribution in [3.8, 4) is 0 Å². The first-order valence-electron chi connectivity index (χ1n) is 22.9. The van der Waals surface area contributed by atoms with Crippen molar-refractivity contribution in [2.45, 2.75) is 185 Å². The van der Waals surface area contributed by atoms with E-state index >= 15 is 0 Å². The number of carbonyl (C=O) groups is 3. The van der Waals surface area contributed by atoms with Gasteiger partial charge in [0.25, 0.3) is 0 Å². The number of β-amino-alcohol motifs (C(OH)–C–C–N with tert-alkyl or cyclic N) is 1. The second-order valence-corrected chi connectivity index (χ2v) is 18.5. The summed E-state index contributed by atoms with van der Waals surface area (Å²) in [5, 5.41) is 35.5. The molecule has 0 aliphatic carbocycles. The number of likely N-dealkylation sites (N-methyl/N-ethyl adjacent to an activating group) is 1. The molecule has 15 heteroatoms. The van der Waals surface area contributed by atoms with Crippen LogP contribution in [0.2, 0.25) is 0 Å². The minimum atomic E-state index is -1.41. The highest BCUT2D eigenvalue weighted by atomic mass is 16.7. The summed E-state index contributed by atoms with van der Waals surface area (Å²) in [4.78, 5) is 42.2. The van der Waals surface area contributed by atoms with Crippen molar-refractivity contribution in [1.82, 2.24) is 9.80 Å². The van der Waals surface area contributed by atoms with E-state index in [1.807, 2.05) is 71.8 Å². The van der Waals surface area contributed by atoms with Gasteiger partial charge in [0.1, 0.15) is 36.3 Å². The van der Waals surface area contributed by atoms with Crippen LogP contribution in [0.4, 0.5) is 0 Å². The molecule has 16 atom stereocenters. The number of hydrogen-bond acceptors (Lipinski definition) is 15. The van der Waals surface area contributed by atoms with Gasteiger partial charge in [0.05, 0.1) is 43.0 Å². The van der Waals surface area contributed by atoms with Gasteiger partial charge < -0.3 is 63.1 Å². The molecule has 4 rings (SSSR count). The van der Waals surface area contributed by atoms with E-state index < -0.39 is 91.4 Å². The van der Waals surface area contributed by atoms with Gasteiger partial charge in [0.2, 0.25) is 0 Å². The van der Waals surface area contributed by atoms with E-state index in [9.17, 15) is 29.7 Å². The highest BCUT2D eigenvalue weighted by Crippen LogP contribution is 2.40. The fourth-order valence-electron chi connectivity index (χ4n) is 9.32. The SMILES string of the molecule is CCC(=O)OC1(C)CC(OC2C(C)OC(O[C@@H]3C(OC)[C@H](O)CC(=O)O[C@H](C)CCN(CCCCc4ccccc4)C[C@H](O)[C@H](C)C[C@@H]3CC=O)C(O)C2N(C)C)OC(C)C1C. The highest BCUT2D eigenvalue weighted by molar-refractivity contribution is 5.70. The molecule has 62 heavy (non-hydrogen) atoms. The number of aliphatic hydroxyl groups is 3. The van der Waals surface area contributed by atoms with Gasteiger partial charge in [-0.2, -0.15) is 0 Å². The number of unbranched alkanes of at least 4 members (excludes halogenated alkanes) is 1. The first-order chi connectivity index (χ1) is 29.4. The first-order valence-corrected chi connectivity index (χ1v) is 22.9. The lowest BCUT2D eigenvalue weighted by atomic mass is 9.81. The maximum atomic E-state index is 13.3. The van der Waals surface area contributed by atoms with Crippen LogP contribution >= 0.6 is 0 Å². The summed E-state index contributed by atoms with van der Waals surface area (Å²) in [6, 6.07) is 9.63. The molecule has 0 saturated carbocycles. The first kappa shape index (κ1) is 52.1. The van der Waals surface area contributed by atoms with Crippen molar-refractivity contribution >= 4 is 18.2 Å². The van der Waals surface area contributed by atoms with Crippen molar-refractivity contribution in [3.63, 3.8) is 0 Å². The van der Waals surface area contributed by atoms with Crippen LogP contribution in [0.1, 0.15) is 105 Å². The average molecular weight is 879 g/mol. The van der Waals surface area contributed by atoms with Crippen molar-refractivity contribution in [2.24, 2.45) is 17.8 Å². The molecule has 0 amide bonds. The number of benzene rings is 1. The van der Waals surface area contributed by atoms with Crippen LogP contribution < -0.4 is 0 Å². The minimum absolute atomic E-state index is 0.0167. The predicted molar refractivity (Wildman–Crippen MR) is 232 cm³/mol. The van der Waals surface area contributed by atoms with Gasteiger partial charge in [-0.15, -0.1) is 0 Å². The van der Waals surface area contributed by atoms with Gasteiger partial charge in [-0.25, -0.2) is 0 Å². The van der Waals surface area contributed by atoms with Gasteiger partial charge >= 0.3 is 11.9 Å². The van der Waals surface area contributed by atoms with E-state index in [1.165, 1.54) is 12.7 Å². The lowest BCUT2D eigenvalue weighted by molar-refractivity contribution is -0.341. The van der Waals surface area contributed by atoms with Gasteiger partial charge in [0, 0.05) is 45.4 Å². The Hall–Kier alpha value is -2.57. The molecule has 3 heterocycles. The normalized spacial score (nSPS) is 38.4. The third-order valence-corrected chi connectivity index (χ3v) is 13.4. The molecule has 0 spiro atoms. The standard InChI is InChI=1S/C47H78N2O13/c1-11-38(53)62-47(7)27-40(58-32(5)31(47)4)60-43-33(6)59-46(42(55)41(43)48(8)9)61-44-35(21-24-50)25-29(2)37(52)28-49(22-16-15-19-34-17-13-12-14-18-34)23-20-30(3)57-39(54)26-36(51)45(44)56-10/h12-14,17-18,24,29-33,35-37,40-46,51-52,55H,11,15-16,19-23,25-28H2,1-10H3/t29-,30-,31?,32?,33?,35+,36-,37+,40?,41?,42?,43?,44+,45?,46?,47?/m1/s1. The highest BCUT2D eigenvalue weighted by Gasteiger charge is 2.52. The Balaban J connectivity index is 1.57. The number of hydrogen-bond donors (Lipinski definition) is 3. The molecule has 0 aromatic heterocycles. The van der Waals surface area contributed by atoms with Crippen molar-refractivity contribution in [3.05, 3.63) is 35.9 Å². The number of aldehydes is 1. The molecule has 3 saturated heterocycles. The summed E-state index contributed by atoms with van der Waals surface area (Å²) in [6.07, 6.45) is -5.42. The summed E-state index contributed by atoms with van der Waals surface area (Å²) >= 11 is 0. The maximum absolute atomic E-state index is 13.3. The van der Waals surface area contributed by atoms with Gasteiger partial charge in [-0.05, 0) is 97.8 Å². The molecular weight excluding hydrogens is 801 g/mol. The van der Waals surface area contributed by atoms with Gasteiger partial charge in [0.15, 0.2) is 12.6 Å². The molecule has 1 aromatic rings. The Morgan fingerprint density at radius 1 is 0.968 bits per heavy atom. The minimum Gasteiger partial charge on any atom is -0.463 e. The fraction of sp³-hybridized carbons (Fsp3) is 0.809. The molecule has 0 bridgehead atoms. The smallest absolute Gasteiger partial charge is 0.308 e. The number of nitrogens with zero attached hydrogens (tertiary/aromatic N) is 2. The number of methoxy groups -OCH3 is 1. The molecule has 1 aromatic carbocycles. The van der Waals surface area contributed by atoms with Gasteiger partial charge in [-0.3, -0.25) is 9.59 Å². The summed E-state index contributed by atoms with van der Waals surface area (Å²) in [5.74, 6) is -1.98. The van der Waals surface area contributed by atoms with Crippen molar-refractivity contribution in [2.75, 3.05) is 40.8 Å². The maximum Gasteiger partial charge on any atom is 0.308 e. The number of esters is 2. The number of ether oxygens (including phenoxy) is 7. The number of cyclic esters (lactones) is 1. The molecular formula is C47H78N2O13. The number of rotatable bonds is 15. The van der Waals surface area contributed by atoms with Crippen LogP contribution in [0, 0.1) is 17.8 Å². The third kappa shape index (κ3) is 14.5. The van der Waals surface area contributed by atoms with E-state index in [2.05, 4.69) is 17.0 Å². The summed E-state index contributed by atoms with van der Waals surface area (Å²) in [7, 11) is 5.01. The molecule has 15 nitrogen and oxygen atoms in total. The Kier molecular flexibility index (Phi) is 20.7. The summed E-state index contributed by atoms with van der Waals surface area (Å²) < 4.78 is 43.6. The Morgan fingerprint density at radius 3 is 2.32 bits per heavy atom. The van der Waals surface area contributed by atoms with E-state index in [0.29, 0.717) is 25.9 Å². The molecule has 0 radical (unpaired) electrons. The van der Waals surface area contributed by atoms with Crippen molar-refractivity contribution < 1.29 is 62.9 Å². The Bertz CT molecular complexity index is 1510. The fourth-order valence-corrected chi connectivity index (χ4v) is 9.32. The second kappa shape index (κ2) is 24.6. The van der Waals surface area contributed by atoms with E-state index in [0.717, 1.165) is 32.1 Å². The van der Waals surface area contributed by atoms with E-state index in [4.69, 9.17) is 33.2 Å². The number of aliphatic hydroxyl groups excluding tert-OH is 3. The largest absolute Gasteiger partial charge is 0.463 e. The molecule has 354 valence electrons. The zero-order valence-corrected chi connectivity index (χ0v) is 38.9. The third-order valence-electron chi connectivity index (χ3n) is 13.4. The predicted octanol–water partition coefficient (Wildman–Crippen LogP) is 4.29. The Morgan fingerprint density at radius 2 is 1.68 bits per heavy atom. The van der Waals surface area contributed by atoms with E-state index in [1.54, 1.807) is 13.8 Å². The quantitative estimate of drug-likeness (QED) is 0.129. The van der Waals surface area contributed by atoms with Crippen LogP contribution in [0.5, 0.6) is 0 Å². The lowest BCUT2D eigenvalue weighted by Gasteiger charge is -2.51. The van der Waals surface area contributed by atoms with Crippen LogP contribution in [0.3, 0.4) is 0 Å². The molecule has 3 fully saturated rings. The topological polar surface area (TPSA) is 183 Å². The van der Waals surface area contributed by atoms with Crippen LogP contribution in [0.25, 0.3) is 0 Å². The summed E-state index contributed by atoms with van der Waals surface area (Å²) in [6.45, 7) is 14.8. The zero-order chi connectivity index (χ0) is 45.7. The van der Waals surface area contributed by atoms with Crippen LogP contribution in [-0.4, -0.2) is 163 Å². The van der Waals surface area contributed by atoms with Crippen LogP contribution in [-0.2, 0) is 54.0 Å².